The Morgan fingerprint density at radius 3 is 2.67 bits per heavy atom. The molecule has 0 bridgehead atoms. The molecule has 1 aromatic heterocycles. The molecule has 0 radical (unpaired) electrons. The molecule has 0 spiro atoms. The Hall–Kier alpha value is -3.62. The number of benzene rings is 1. The number of carbonyl (C=O) groups excluding carboxylic acids is 4. The normalized spacial score (nSPS) is 19.0. The van der Waals surface area contributed by atoms with Crippen molar-refractivity contribution in [2.75, 3.05) is 18.9 Å². The van der Waals surface area contributed by atoms with E-state index in [4.69, 9.17) is 4.42 Å². The van der Waals surface area contributed by atoms with Gasteiger partial charge in [0.15, 0.2) is 5.54 Å². The largest absolute Gasteiger partial charge is 0.466 e. The van der Waals surface area contributed by atoms with Gasteiger partial charge in [0, 0.05) is 18.3 Å². The second-order valence-corrected chi connectivity index (χ2v) is 6.13. The Bertz CT molecular complexity index is 908. The topological polar surface area (TPSA) is 121 Å². The highest BCUT2D eigenvalue weighted by molar-refractivity contribution is 6.10. The summed E-state index contributed by atoms with van der Waals surface area (Å²) < 4.78 is 5.23. The zero-order chi connectivity index (χ0) is 19.6. The number of nitrogens with zero attached hydrogens (tertiary/aromatic N) is 1. The van der Waals surface area contributed by atoms with Crippen LogP contribution in [0, 0.1) is 0 Å². The van der Waals surface area contributed by atoms with Crippen LogP contribution in [0.3, 0.4) is 0 Å². The van der Waals surface area contributed by atoms with Crippen LogP contribution in [0.2, 0.25) is 0 Å². The number of rotatable bonds is 5. The summed E-state index contributed by atoms with van der Waals surface area (Å²) in [6.07, 6.45) is 1.40. The number of carbonyl (C=O) groups is 4. The van der Waals surface area contributed by atoms with Gasteiger partial charge in [0.05, 0.1) is 6.26 Å². The van der Waals surface area contributed by atoms with Crippen LogP contribution in [0.1, 0.15) is 23.0 Å². The summed E-state index contributed by atoms with van der Waals surface area (Å²) in [6.45, 7) is 1.04. The molecule has 3 rings (SSSR count). The number of urea groups is 1. The molecule has 3 N–H and O–H groups in total. The van der Waals surface area contributed by atoms with Gasteiger partial charge in [-0.15, -0.1) is 0 Å². The fourth-order valence-corrected chi connectivity index (χ4v) is 2.80. The molecule has 1 aliphatic rings. The van der Waals surface area contributed by atoms with Crippen molar-refractivity contribution in [3.8, 4) is 0 Å². The van der Waals surface area contributed by atoms with E-state index in [-0.39, 0.29) is 11.7 Å². The zero-order valence-electron chi connectivity index (χ0n) is 14.7. The molecular weight excluding hydrogens is 352 g/mol. The number of amides is 5. The van der Waals surface area contributed by atoms with E-state index in [1.807, 2.05) is 0 Å². The van der Waals surface area contributed by atoms with Crippen LogP contribution in [-0.2, 0) is 15.1 Å². The average molecular weight is 370 g/mol. The third kappa shape index (κ3) is 3.39. The number of hydrogen-bond acceptors (Lipinski definition) is 5. The molecule has 2 heterocycles. The Kier molecular flexibility index (Phi) is 4.68. The molecular formula is C18H18N4O5. The van der Waals surface area contributed by atoms with E-state index in [9.17, 15) is 19.2 Å². The van der Waals surface area contributed by atoms with E-state index < -0.39 is 29.9 Å². The first-order valence-electron chi connectivity index (χ1n) is 8.15. The molecule has 0 aliphatic carbocycles. The minimum atomic E-state index is -1.36. The molecule has 1 aliphatic heterocycles. The number of anilines is 1. The van der Waals surface area contributed by atoms with Crippen LogP contribution < -0.4 is 16.0 Å². The second-order valence-electron chi connectivity index (χ2n) is 6.13. The lowest BCUT2D eigenvalue weighted by Gasteiger charge is -2.18. The van der Waals surface area contributed by atoms with Crippen molar-refractivity contribution in [3.05, 3.63) is 54.0 Å². The van der Waals surface area contributed by atoms with Crippen molar-refractivity contribution in [2.45, 2.75) is 12.5 Å². The molecule has 1 fully saturated rings. The van der Waals surface area contributed by atoms with Crippen LogP contribution in [0.5, 0.6) is 0 Å². The molecule has 1 atom stereocenters. The van der Waals surface area contributed by atoms with Crippen molar-refractivity contribution in [2.24, 2.45) is 0 Å². The average Bonchev–Trinajstić information content (AvgIpc) is 3.26. The van der Waals surface area contributed by atoms with Gasteiger partial charge >= 0.3 is 6.03 Å². The van der Waals surface area contributed by atoms with Crippen molar-refractivity contribution in [3.63, 3.8) is 0 Å². The molecule has 27 heavy (non-hydrogen) atoms. The Labute approximate surface area is 154 Å². The highest BCUT2D eigenvalue weighted by atomic mass is 16.3. The minimum Gasteiger partial charge on any atom is -0.466 e. The standard InChI is InChI=1S/C18H18N4O5/c1-18(13-7-4-8-27-13)16(25)22(17(26)21-18)10-14(23)20-12-6-3-5-11(9-12)15(24)19-2/h3-9H,10H2,1-2H3,(H,19,24)(H,20,23)(H,21,26). The Balaban J connectivity index is 1.70. The summed E-state index contributed by atoms with van der Waals surface area (Å²) >= 11 is 0. The summed E-state index contributed by atoms with van der Waals surface area (Å²) in [4.78, 5) is 49.6. The van der Waals surface area contributed by atoms with E-state index in [2.05, 4.69) is 16.0 Å². The zero-order valence-corrected chi connectivity index (χ0v) is 14.7. The van der Waals surface area contributed by atoms with Crippen molar-refractivity contribution >= 4 is 29.4 Å². The van der Waals surface area contributed by atoms with Crippen molar-refractivity contribution in [1.82, 2.24) is 15.5 Å². The van der Waals surface area contributed by atoms with Gasteiger partial charge < -0.3 is 20.4 Å². The molecule has 9 nitrogen and oxygen atoms in total. The third-order valence-corrected chi connectivity index (χ3v) is 4.23. The first kappa shape index (κ1) is 18.2. The molecule has 1 unspecified atom stereocenters. The second kappa shape index (κ2) is 6.94. The highest BCUT2D eigenvalue weighted by Gasteiger charge is 2.51. The van der Waals surface area contributed by atoms with Crippen molar-refractivity contribution < 1.29 is 23.6 Å². The van der Waals surface area contributed by atoms with E-state index in [0.717, 1.165) is 4.90 Å². The summed E-state index contributed by atoms with van der Waals surface area (Å²) in [5.74, 6) is -1.18. The Morgan fingerprint density at radius 2 is 2.00 bits per heavy atom. The van der Waals surface area contributed by atoms with E-state index in [1.165, 1.54) is 26.3 Å². The summed E-state index contributed by atoms with van der Waals surface area (Å²) in [5, 5.41) is 7.61. The van der Waals surface area contributed by atoms with Crippen LogP contribution >= 0.6 is 0 Å². The fourth-order valence-electron chi connectivity index (χ4n) is 2.80. The van der Waals surface area contributed by atoms with Gasteiger partial charge in [-0.05, 0) is 37.3 Å². The monoisotopic (exact) mass is 370 g/mol. The SMILES string of the molecule is CNC(=O)c1cccc(NC(=O)CN2C(=O)NC(C)(c3ccco3)C2=O)c1. The number of furan rings is 1. The summed E-state index contributed by atoms with van der Waals surface area (Å²) in [6, 6.07) is 8.80. The van der Waals surface area contributed by atoms with Crippen LogP contribution in [0.15, 0.2) is 47.1 Å². The summed E-state index contributed by atoms with van der Waals surface area (Å²) in [7, 11) is 1.50. The maximum Gasteiger partial charge on any atom is 0.325 e. The van der Waals surface area contributed by atoms with Gasteiger partial charge in [-0.2, -0.15) is 0 Å². The van der Waals surface area contributed by atoms with Gasteiger partial charge in [0.2, 0.25) is 5.91 Å². The number of nitrogens with one attached hydrogen (secondary N) is 3. The fraction of sp³-hybridized carbons (Fsp3) is 0.222. The lowest BCUT2D eigenvalue weighted by Crippen LogP contribution is -2.41. The molecule has 1 aromatic carbocycles. The predicted molar refractivity (Wildman–Crippen MR) is 94.8 cm³/mol. The number of imide groups is 1. The smallest absolute Gasteiger partial charge is 0.325 e. The van der Waals surface area contributed by atoms with Crippen LogP contribution in [0.25, 0.3) is 0 Å². The quantitative estimate of drug-likeness (QED) is 0.679. The van der Waals surface area contributed by atoms with Crippen LogP contribution in [0.4, 0.5) is 10.5 Å². The van der Waals surface area contributed by atoms with Gasteiger partial charge in [-0.3, -0.25) is 19.3 Å². The molecule has 0 saturated carbocycles. The first-order valence-corrected chi connectivity index (χ1v) is 8.15. The maximum absolute atomic E-state index is 12.7. The summed E-state index contributed by atoms with van der Waals surface area (Å²) in [5.41, 5.74) is -0.613. The van der Waals surface area contributed by atoms with Gasteiger partial charge in [-0.1, -0.05) is 6.07 Å². The molecule has 1 saturated heterocycles. The van der Waals surface area contributed by atoms with E-state index >= 15 is 0 Å². The molecule has 5 amide bonds. The lowest BCUT2D eigenvalue weighted by molar-refractivity contribution is -0.134. The van der Waals surface area contributed by atoms with Gasteiger partial charge in [0.1, 0.15) is 12.3 Å². The third-order valence-electron chi connectivity index (χ3n) is 4.23. The molecule has 2 aromatic rings. The van der Waals surface area contributed by atoms with Gasteiger partial charge in [-0.25, -0.2) is 4.79 Å². The van der Waals surface area contributed by atoms with Gasteiger partial charge in [0.25, 0.3) is 11.8 Å². The van der Waals surface area contributed by atoms with E-state index in [0.29, 0.717) is 11.3 Å². The molecule has 140 valence electrons. The predicted octanol–water partition coefficient (Wildman–Crippen LogP) is 1.04. The lowest BCUT2D eigenvalue weighted by atomic mass is 9.99. The number of hydrogen-bond donors (Lipinski definition) is 3. The van der Waals surface area contributed by atoms with E-state index in [1.54, 1.807) is 30.3 Å². The maximum atomic E-state index is 12.7. The van der Waals surface area contributed by atoms with Crippen LogP contribution in [-0.4, -0.2) is 42.2 Å². The Morgan fingerprint density at radius 1 is 1.22 bits per heavy atom. The van der Waals surface area contributed by atoms with Crippen molar-refractivity contribution in [1.29, 1.82) is 0 Å². The first-order chi connectivity index (χ1) is 12.8. The minimum absolute atomic E-state index is 0.280. The highest BCUT2D eigenvalue weighted by Crippen LogP contribution is 2.28. The molecule has 9 heteroatoms.